The van der Waals surface area contributed by atoms with Crippen molar-refractivity contribution in [3.8, 4) is 11.4 Å². The van der Waals surface area contributed by atoms with Crippen LogP contribution < -0.4 is 10.1 Å². The van der Waals surface area contributed by atoms with Crippen LogP contribution in [0.25, 0.3) is 5.69 Å². The Kier molecular flexibility index (Phi) is 3.46. The Bertz CT molecular complexity index is 529. The third kappa shape index (κ3) is 2.46. The molecule has 0 radical (unpaired) electrons. The summed E-state index contributed by atoms with van der Waals surface area (Å²) in [6.45, 7) is 2.09. The Morgan fingerprint density at radius 2 is 2.16 bits per heavy atom. The summed E-state index contributed by atoms with van der Waals surface area (Å²) in [5.41, 5.74) is 1.08. The fraction of sp³-hybridized carbons (Fsp3) is 0.429. The van der Waals surface area contributed by atoms with Crippen LogP contribution in [0.15, 0.2) is 30.6 Å². The van der Waals surface area contributed by atoms with E-state index in [2.05, 4.69) is 20.1 Å². The summed E-state index contributed by atoms with van der Waals surface area (Å²) in [5.74, 6) is 2.34. The number of aromatic nitrogens is 3. The second-order valence-electron chi connectivity index (χ2n) is 4.80. The van der Waals surface area contributed by atoms with Crippen molar-refractivity contribution in [2.45, 2.75) is 18.8 Å². The van der Waals surface area contributed by atoms with Gasteiger partial charge < -0.3 is 10.1 Å². The van der Waals surface area contributed by atoms with Crippen LogP contribution in [0.4, 0.5) is 0 Å². The third-order valence-corrected chi connectivity index (χ3v) is 3.59. The fourth-order valence-corrected chi connectivity index (χ4v) is 2.54. The molecule has 0 saturated carbocycles. The first kappa shape index (κ1) is 12.2. The standard InChI is InChI=1S/C14H18N4O/c1-19-13-6-4-12(5-7-13)18-10-16-17-14(18)11-3-2-8-15-9-11/h4-7,10-11,15H,2-3,8-9H2,1H3. The quantitative estimate of drug-likeness (QED) is 0.911. The minimum atomic E-state index is 0.443. The molecule has 5 nitrogen and oxygen atoms in total. The van der Waals surface area contributed by atoms with E-state index in [0.717, 1.165) is 30.4 Å². The Morgan fingerprint density at radius 3 is 2.84 bits per heavy atom. The summed E-state index contributed by atoms with van der Waals surface area (Å²) in [6.07, 6.45) is 4.15. The van der Waals surface area contributed by atoms with Crippen LogP contribution >= 0.6 is 0 Å². The Hall–Kier alpha value is -1.88. The first-order chi connectivity index (χ1) is 9.38. The van der Waals surface area contributed by atoms with Gasteiger partial charge in [0.25, 0.3) is 0 Å². The number of hydrogen-bond acceptors (Lipinski definition) is 4. The van der Waals surface area contributed by atoms with Gasteiger partial charge in [-0.2, -0.15) is 0 Å². The first-order valence-corrected chi connectivity index (χ1v) is 6.63. The molecule has 1 aliphatic rings. The first-order valence-electron chi connectivity index (χ1n) is 6.63. The molecule has 3 rings (SSSR count). The second-order valence-corrected chi connectivity index (χ2v) is 4.80. The average molecular weight is 258 g/mol. The van der Waals surface area contributed by atoms with Gasteiger partial charge in [0.2, 0.25) is 0 Å². The van der Waals surface area contributed by atoms with Gasteiger partial charge in [-0.15, -0.1) is 10.2 Å². The van der Waals surface area contributed by atoms with Gasteiger partial charge in [-0.1, -0.05) is 0 Å². The zero-order chi connectivity index (χ0) is 13.1. The summed E-state index contributed by atoms with van der Waals surface area (Å²) in [4.78, 5) is 0. The Labute approximate surface area is 112 Å². The molecule has 1 N–H and O–H groups in total. The van der Waals surface area contributed by atoms with Gasteiger partial charge in [-0.05, 0) is 43.7 Å². The molecule has 19 heavy (non-hydrogen) atoms. The maximum Gasteiger partial charge on any atom is 0.141 e. The van der Waals surface area contributed by atoms with Crippen LogP contribution in [0.2, 0.25) is 0 Å². The van der Waals surface area contributed by atoms with Gasteiger partial charge in [0.05, 0.1) is 7.11 Å². The van der Waals surface area contributed by atoms with Crippen LogP contribution in [-0.2, 0) is 0 Å². The summed E-state index contributed by atoms with van der Waals surface area (Å²) in [5, 5.41) is 11.8. The van der Waals surface area contributed by atoms with Crippen molar-refractivity contribution in [2.75, 3.05) is 20.2 Å². The normalized spacial score (nSPS) is 19.3. The predicted molar refractivity (Wildman–Crippen MR) is 72.8 cm³/mol. The van der Waals surface area contributed by atoms with Crippen molar-refractivity contribution in [3.05, 3.63) is 36.4 Å². The molecule has 1 saturated heterocycles. The molecule has 0 aliphatic carbocycles. The summed E-state index contributed by atoms with van der Waals surface area (Å²) in [6, 6.07) is 7.97. The molecule has 0 amide bonds. The molecular formula is C14H18N4O. The Balaban J connectivity index is 1.89. The van der Waals surface area contributed by atoms with Crippen molar-refractivity contribution in [1.29, 1.82) is 0 Å². The molecule has 1 aromatic heterocycles. The molecule has 5 heteroatoms. The smallest absolute Gasteiger partial charge is 0.141 e. The van der Waals surface area contributed by atoms with Crippen molar-refractivity contribution >= 4 is 0 Å². The lowest BCUT2D eigenvalue weighted by molar-refractivity contribution is 0.414. The minimum absolute atomic E-state index is 0.443. The molecule has 0 bridgehead atoms. The molecule has 1 aromatic carbocycles. The molecule has 2 aromatic rings. The van der Waals surface area contributed by atoms with E-state index in [1.54, 1.807) is 13.4 Å². The Morgan fingerprint density at radius 1 is 1.32 bits per heavy atom. The summed E-state index contributed by atoms with van der Waals surface area (Å²) >= 11 is 0. The minimum Gasteiger partial charge on any atom is -0.497 e. The maximum atomic E-state index is 5.18. The highest BCUT2D eigenvalue weighted by Gasteiger charge is 2.20. The van der Waals surface area contributed by atoms with Crippen molar-refractivity contribution in [2.24, 2.45) is 0 Å². The molecule has 0 spiro atoms. The number of hydrogen-bond donors (Lipinski definition) is 1. The SMILES string of the molecule is COc1ccc(-n2cnnc2C2CCCNC2)cc1. The molecule has 100 valence electrons. The van der Waals surface area contributed by atoms with Crippen molar-refractivity contribution in [1.82, 2.24) is 20.1 Å². The van der Waals surface area contributed by atoms with E-state index in [0.29, 0.717) is 5.92 Å². The van der Waals surface area contributed by atoms with Gasteiger partial charge in [0, 0.05) is 18.2 Å². The zero-order valence-electron chi connectivity index (χ0n) is 11.0. The van der Waals surface area contributed by atoms with Crippen molar-refractivity contribution < 1.29 is 4.74 Å². The lowest BCUT2D eigenvalue weighted by atomic mass is 9.99. The predicted octanol–water partition coefficient (Wildman–Crippen LogP) is 1.74. The summed E-state index contributed by atoms with van der Waals surface area (Å²) in [7, 11) is 1.67. The van der Waals surface area contributed by atoms with Gasteiger partial charge in [-0.3, -0.25) is 4.57 Å². The number of methoxy groups -OCH3 is 1. The van der Waals surface area contributed by atoms with Crippen LogP contribution in [0, 0.1) is 0 Å². The molecule has 2 heterocycles. The molecular weight excluding hydrogens is 240 g/mol. The van der Waals surface area contributed by atoms with E-state index >= 15 is 0 Å². The van der Waals surface area contributed by atoms with Crippen LogP contribution in [-0.4, -0.2) is 35.0 Å². The van der Waals surface area contributed by atoms with Gasteiger partial charge in [0.15, 0.2) is 0 Å². The number of piperidine rings is 1. The van der Waals surface area contributed by atoms with Gasteiger partial charge >= 0.3 is 0 Å². The lowest BCUT2D eigenvalue weighted by Crippen LogP contribution is -2.29. The van der Waals surface area contributed by atoms with E-state index in [9.17, 15) is 0 Å². The number of benzene rings is 1. The second kappa shape index (κ2) is 5.40. The highest BCUT2D eigenvalue weighted by atomic mass is 16.5. The average Bonchev–Trinajstić information content (AvgIpc) is 2.98. The van der Waals surface area contributed by atoms with Gasteiger partial charge in [-0.25, -0.2) is 0 Å². The lowest BCUT2D eigenvalue weighted by Gasteiger charge is -2.22. The van der Waals surface area contributed by atoms with Crippen molar-refractivity contribution in [3.63, 3.8) is 0 Å². The van der Waals surface area contributed by atoms with E-state index in [-0.39, 0.29) is 0 Å². The summed E-state index contributed by atoms with van der Waals surface area (Å²) < 4.78 is 7.25. The fourth-order valence-electron chi connectivity index (χ4n) is 2.54. The maximum absolute atomic E-state index is 5.18. The molecule has 1 unspecified atom stereocenters. The number of rotatable bonds is 3. The van der Waals surface area contributed by atoms with Crippen LogP contribution in [0.3, 0.4) is 0 Å². The number of nitrogens with one attached hydrogen (secondary N) is 1. The largest absolute Gasteiger partial charge is 0.497 e. The van der Waals surface area contributed by atoms with Crippen LogP contribution in [0.1, 0.15) is 24.6 Å². The van der Waals surface area contributed by atoms with E-state index in [4.69, 9.17) is 4.74 Å². The molecule has 1 aliphatic heterocycles. The zero-order valence-corrected chi connectivity index (χ0v) is 11.0. The van der Waals surface area contributed by atoms with Crippen LogP contribution in [0.5, 0.6) is 5.75 Å². The van der Waals surface area contributed by atoms with E-state index in [1.165, 1.54) is 12.8 Å². The topological polar surface area (TPSA) is 52.0 Å². The molecule has 1 atom stereocenters. The van der Waals surface area contributed by atoms with E-state index < -0.39 is 0 Å². The number of nitrogens with zero attached hydrogens (tertiary/aromatic N) is 3. The highest BCUT2D eigenvalue weighted by molar-refractivity contribution is 5.38. The molecule has 1 fully saturated rings. The number of ether oxygens (including phenoxy) is 1. The highest BCUT2D eigenvalue weighted by Crippen LogP contribution is 2.24. The third-order valence-electron chi connectivity index (χ3n) is 3.59. The van der Waals surface area contributed by atoms with E-state index in [1.807, 2.05) is 24.3 Å². The monoisotopic (exact) mass is 258 g/mol. The van der Waals surface area contributed by atoms with Gasteiger partial charge in [0.1, 0.15) is 17.9 Å².